The molecule has 0 amide bonds. The molecule has 0 bridgehead atoms. The third-order valence-corrected chi connectivity index (χ3v) is 4.24. The van der Waals surface area contributed by atoms with Gasteiger partial charge in [0, 0.05) is 11.6 Å². The van der Waals surface area contributed by atoms with Crippen LogP contribution in [0.2, 0.25) is 0 Å². The Bertz CT molecular complexity index is 455. The van der Waals surface area contributed by atoms with Gasteiger partial charge < -0.3 is 0 Å². The smallest absolute Gasteiger partial charge is 0.177 e. The second-order valence-electron chi connectivity index (χ2n) is 6.01. The van der Waals surface area contributed by atoms with Crippen molar-refractivity contribution < 1.29 is 4.79 Å². The van der Waals surface area contributed by atoms with E-state index in [1.54, 1.807) is 0 Å². The van der Waals surface area contributed by atoms with E-state index in [0.717, 1.165) is 23.2 Å². The summed E-state index contributed by atoms with van der Waals surface area (Å²) >= 11 is 0. The molecule has 1 aromatic carbocycles. The number of rotatable bonds is 3. The summed E-state index contributed by atoms with van der Waals surface area (Å²) in [7, 11) is 0. The standard InChI is InChI=1S/C17H25NO/c1-12-9-13(2)17(14(3)10-12)16(19)11-18-8-6-5-7-15(18)4/h9-10,15H,5-8,11H2,1-4H3. The molecule has 2 rings (SSSR count). The van der Waals surface area contributed by atoms with E-state index in [1.807, 2.05) is 13.8 Å². The Labute approximate surface area is 116 Å². The molecule has 0 aliphatic carbocycles. The second kappa shape index (κ2) is 5.87. The van der Waals surface area contributed by atoms with Crippen molar-refractivity contribution in [2.45, 2.75) is 53.0 Å². The second-order valence-corrected chi connectivity index (χ2v) is 6.01. The van der Waals surface area contributed by atoms with Gasteiger partial charge in [0.2, 0.25) is 0 Å². The van der Waals surface area contributed by atoms with Gasteiger partial charge in [-0.25, -0.2) is 0 Å². The van der Waals surface area contributed by atoms with Gasteiger partial charge in [-0.2, -0.15) is 0 Å². The van der Waals surface area contributed by atoms with Crippen LogP contribution in [0.15, 0.2) is 12.1 Å². The Morgan fingerprint density at radius 2 is 1.84 bits per heavy atom. The zero-order valence-electron chi connectivity index (χ0n) is 12.6. The maximum atomic E-state index is 12.6. The van der Waals surface area contributed by atoms with Crippen molar-refractivity contribution in [1.82, 2.24) is 4.90 Å². The van der Waals surface area contributed by atoms with Crippen LogP contribution in [0.25, 0.3) is 0 Å². The van der Waals surface area contributed by atoms with E-state index in [0.29, 0.717) is 12.6 Å². The lowest BCUT2D eigenvalue weighted by Gasteiger charge is -2.32. The molecule has 0 spiro atoms. The molecule has 1 aliphatic rings. The highest BCUT2D eigenvalue weighted by Crippen LogP contribution is 2.20. The first-order valence-corrected chi connectivity index (χ1v) is 7.34. The molecule has 1 atom stereocenters. The highest BCUT2D eigenvalue weighted by molar-refractivity contribution is 6.00. The van der Waals surface area contributed by atoms with Crippen LogP contribution in [0.4, 0.5) is 0 Å². The molecule has 19 heavy (non-hydrogen) atoms. The lowest BCUT2D eigenvalue weighted by atomic mass is 9.95. The summed E-state index contributed by atoms with van der Waals surface area (Å²) in [6.07, 6.45) is 3.75. The van der Waals surface area contributed by atoms with Gasteiger partial charge in [0.25, 0.3) is 0 Å². The molecule has 1 aliphatic heterocycles. The van der Waals surface area contributed by atoms with E-state index in [2.05, 4.69) is 30.9 Å². The fraction of sp³-hybridized carbons (Fsp3) is 0.588. The molecule has 1 saturated heterocycles. The SMILES string of the molecule is Cc1cc(C)c(C(=O)CN2CCCCC2C)c(C)c1. The van der Waals surface area contributed by atoms with Gasteiger partial charge in [-0.05, 0) is 58.2 Å². The Morgan fingerprint density at radius 3 is 2.42 bits per heavy atom. The summed E-state index contributed by atoms with van der Waals surface area (Å²) in [4.78, 5) is 14.9. The van der Waals surface area contributed by atoms with E-state index in [1.165, 1.54) is 24.8 Å². The van der Waals surface area contributed by atoms with Crippen LogP contribution < -0.4 is 0 Å². The Morgan fingerprint density at radius 1 is 1.21 bits per heavy atom. The summed E-state index contributed by atoms with van der Waals surface area (Å²) in [5.74, 6) is 0.281. The van der Waals surface area contributed by atoms with E-state index in [-0.39, 0.29) is 5.78 Å². The van der Waals surface area contributed by atoms with Gasteiger partial charge in [0.15, 0.2) is 5.78 Å². The van der Waals surface area contributed by atoms with Gasteiger partial charge in [0.05, 0.1) is 6.54 Å². The van der Waals surface area contributed by atoms with Crippen molar-refractivity contribution in [2.24, 2.45) is 0 Å². The number of nitrogens with zero attached hydrogens (tertiary/aromatic N) is 1. The number of hydrogen-bond acceptors (Lipinski definition) is 2. The van der Waals surface area contributed by atoms with Crippen LogP contribution in [-0.2, 0) is 0 Å². The predicted octanol–water partition coefficient (Wildman–Crippen LogP) is 3.67. The fourth-order valence-electron chi connectivity index (χ4n) is 3.28. The minimum atomic E-state index is 0.281. The minimum absolute atomic E-state index is 0.281. The molecule has 0 radical (unpaired) electrons. The van der Waals surface area contributed by atoms with Crippen LogP contribution in [0.5, 0.6) is 0 Å². The van der Waals surface area contributed by atoms with Crippen LogP contribution in [0.1, 0.15) is 53.2 Å². The molecular weight excluding hydrogens is 234 g/mol. The highest BCUT2D eigenvalue weighted by atomic mass is 16.1. The number of benzene rings is 1. The maximum Gasteiger partial charge on any atom is 0.177 e. The quantitative estimate of drug-likeness (QED) is 0.772. The number of hydrogen-bond donors (Lipinski definition) is 0. The van der Waals surface area contributed by atoms with E-state index in [9.17, 15) is 4.79 Å². The van der Waals surface area contributed by atoms with E-state index >= 15 is 0 Å². The van der Waals surface area contributed by atoms with Gasteiger partial charge in [0.1, 0.15) is 0 Å². The first-order chi connectivity index (χ1) is 8.99. The Balaban J connectivity index is 2.16. The lowest BCUT2D eigenvalue weighted by molar-refractivity contribution is 0.0859. The fourth-order valence-corrected chi connectivity index (χ4v) is 3.28. The highest BCUT2D eigenvalue weighted by Gasteiger charge is 2.22. The number of carbonyl (C=O) groups excluding carboxylic acids is 1. The number of Topliss-reactive ketones (excluding diaryl/α,β-unsaturated/α-hetero) is 1. The molecule has 104 valence electrons. The number of piperidine rings is 1. The first kappa shape index (κ1) is 14.3. The molecule has 1 unspecified atom stereocenters. The number of ketones is 1. The van der Waals surface area contributed by atoms with Crippen molar-refractivity contribution in [3.63, 3.8) is 0 Å². The van der Waals surface area contributed by atoms with Crippen LogP contribution in [0, 0.1) is 20.8 Å². The van der Waals surface area contributed by atoms with Gasteiger partial charge >= 0.3 is 0 Å². The van der Waals surface area contributed by atoms with E-state index in [4.69, 9.17) is 0 Å². The third kappa shape index (κ3) is 3.24. The van der Waals surface area contributed by atoms with Crippen molar-refractivity contribution >= 4 is 5.78 Å². The van der Waals surface area contributed by atoms with Crippen LogP contribution in [0.3, 0.4) is 0 Å². The largest absolute Gasteiger partial charge is 0.293 e. The van der Waals surface area contributed by atoms with Gasteiger partial charge in [-0.1, -0.05) is 24.1 Å². The summed E-state index contributed by atoms with van der Waals surface area (Å²) in [5, 5.41) is 0. The lowest BCUT2D eigenvalue weighted by Crippen LogP contribution is -2.41. The van der Waals surface area contributed by atoms with Crippen molar-refractivity contribution in [3.8, 4) is 0 Å². The third-order valence-electron chi connectivity index (χ3n) is 4.24. The maximum absolute atomic E-state index is 12.6. The number of likely N-dealkylation sites (tertiary alicyclic amines) is 1. The van der Waals surface area contributed by atoms with Crippen molar-refractivity contribution in [1.29, 1.82) is 0 Å². The van der Waals surface area contributed by atoms with Gasteiger partial charge in [-0.3, -0.25) is 9.69 Å². The molecule has 0 aromatic heterocycles. The molecule has 0 N–H and O–H groups in total. The average molecular weight is 259 g/mol. The molecule has 2 heteroatoms. The Hall–Kier alpha value is -1.15. The van der Waals surface area contributed by atoms with Crippen molar-refractivity contribution in [3.05, 3.63) is 34.4 Å². The predicted molar refractivity (Wildman–Crippen MR) is 79.9 cm³/mol. The zero-order chi connectivity index (χ0) is 14.0. The molecular formula is C17H25NO. The average Bonchev–Trinajstić information content (AvgIpc) is 2.30. The minimum Gasteiger partial charge on any atom is -0.293 e. The topological polar surface area (TPSA) is 20.3 Å². The molecule has 1 heterocycles. The summed E-state index contributed by atoms with van der Waals surface area (Å²) in [6.45, 7) is 10.1. The molecule has 1 fully saturated rings. The Kier molecular flexibility index (Phi) is 4.41. The number of aryl methyl sites for hydroxylation is 3. The van der Waals surface area contributed by atoms with Crippen LogP contribution >= 0.6 is 0 Å². The molecule has 2 nitrogen and oxygen atoms in total. The molecule has 1 aromatic rings. The normalized spacial score (nSPS) is 20.5. The summed E-state index contributed by atoms with van der Waals surface area (Å²) < 4.78 is 0. The van der Waals surface area contributed by atoms with E-state index < -0.39 is 0 Å². The van der Waals surface area contributed by atoms with Gasteiger partial charge in [-0.15, -0.1) is 0 Å². The van der Waals surface area contributed by atoms with Crippen molar-refractivity contribution in [2.75, 3.05) is 13.1 Å². The van der Waals surface area contributed by atoms with Crippen LogP contribution in [-0.4, -0.2) is 29.8 Å². The summed E-state index contributed by atoms with van der Waals surface area (Å²) in [6, 6.07) is 4.77. The number of carbonyl (C=O) groups is 1. The summed E-state index contributed by atoms with van der Waals surface area (Å²) in [5.41, 5.74) is 4.40. The monoisotopic (exact) mass is 259 g/mol. The zero-order valence-corrected chi connectivity index (χ0v) is 12.6. The molecule has 0 saturated carbocycles. The first-order valence-electron chi connectivity index (χ1n) is 7.34.